The first-order chi connectivity index (χ1) is 16.2. The van der Waals surface area contributed by atoms with E-state index in [0.717, 1.165) is 0 Å². The van der Waals surface area contributed by atoms with Gasteiger partial charge in [-0.05, 0) is 34.4 Å². The smallest absolute Gasteiger partial charge is 0.282 e. The van der Waals surface area contributed by atoms with Crippen molar-refractivity contribution < 1.29 is 25.9 Å². The summed E-state index contributed by atoms with van der Waals surface area (Å²) in [5.74, 6) is 0. The molecule has 0 atom stereocenters. The van der Waals surface area contributed by atoms with Crippen molar-refractivity contribution in [1.29, 1.82) is 0 Å². The highest BCUT2D eigenvalue weighted by atomic mass is 32.2. The molecular weight excluding hydrogens is 472 g/mol. The Balaban J connectivity index is 2.28. The van der Waals surface area contributed by atoms with Gasteiger partial charge in [0.2, 0.25) is 0 Å². The van der Waals surface area contributed by atoms with Gasteiger partial charge >= 0.3 is 0 Å². The van der Waals surface area contributed by atoms with Crippen LogP contribution < -0.4 is 0 Å². The van der Waals surface area contributed by atoms with Crippen molar-refractivity contribution in [1.82, 2.24) is 0 Å². The highest BCUT2D eigenvalue weighted by Gasteiger charge is 2.26. The highest BCUT2D eigenvalue weighted by Crippen LogP contribution is 2.40. The van der Waals surface area contributed by atoms with E-state index >= 15 is 0 Å². The van der Waals surface area contributed by atoms with Gasteiger partial charge in [0.25, 0.3) is 20.2 Å². The molecule has 0 heterocycles. The molecule has 34 heavy (non-hydrogen) atoms. The zero-order valence-electron chi connectivity index (χ0n) is 17.7. The Morgan fingerprint density at radius 2 is 0.735 bits per heavy atom. The molecule has 4 aromatic carbocycles. The largest absolute Gasteiger partial charge is 0.295 e. The summed E-state index contributed by atoms with van der Waals surface area (Å²) < 4.78 is 69.2. The van der Waals surface area contributed by atoms with E-state index in [1.807, 2.05) is 0 Å². The van der Waals surface area contributed by atoms with Crippen LogP contribution >= 0.6 is 0 Å². The van der Waals surface area contributed by atoms with E-state index in [4.69, 9.17) is 0 Å². The molecular formula is C26H20O6S2. The molecule has 6 nitrogen and oxygen atoms in total. The van der Waals surface area contributed by atoms with Gasteiger partial charge in [-0.25, -0.2) is 0 Å². The number of benzene rings is 4. The zero-order valence-corrected chi connectivity index (χ0v) is 19.4. The molecule has 0 saturated heterocycles. The first-order valence-corrected chi connectivity index (χ1v) is 13.0. The Bertz CT molecular complexity index is 1450. The van der Waals surface area contributed by atoms with Crippen LogP contribution in [0.5, 0.6) is 0 Å². The monoisotopic (exact) mass is 492 g/mol. The van der Waals surface area contributed by atoms with Gasteiger partial charge in [-0.2, -0.15) is 16.8 Å². The molecule has 0 unspecified atom stereocenters. The van der Waals surface area contributed by atoms with Crippen molar-refractivity contribution >= 4 is 31.4 Å². The van der Waals surface area contributed by atoms with Crippen molar-refractivity contribution in [3.8, 4) is 0 Å². The summed E-state index contributed by atoms with van der Waals surface area (Å²) in [5, 5.41) is 0. The fourth-order valence-electron chi connectivity index (χ4n) is 3.87. The average Bonchev–Trinajstić information content (AvgIpc) is 2.82. The summed E-state index contributed by atoms with van der Waals surface area (Å²) in [6.07, 6.45) is 0. The van der Waals surface area contributed by atoms with Crippen LogP contribution in [0.15, 0.2) is 119 Å². The van der Waals surface area contributed by atoms with Crippen molar-refractivity contribution in [2.75, 3.05) is 0 Å². The Kier molecular flexibility index (Phi) is 6.49. The highest BCUT2D eigenvalue weighted by molar-refractivity contribution is 7.86. The van der Waals surface area contributed by atoms with Crippen LogP contribution in [-0.4, -0.2) is 25.9 Å². The van der Waals surface area contributed by atoms with Gasteiger partial charge in [0.1, 0.15) is 9.79 Å². The SMILES string of the molecule is O=S(=O)(O)c1ccccc1C(=C(c1ccccc1)c1ccccc1S(=O)(=O)O)c1ccccc1. The molecule has 0 radical (unpaired) electrons. The second-order valence-electron chi connectivity index (χ2n) is 7.42. The fraction of sp³-hybridized carbons (Fsp3) is 0. The minimum absolute atomic E-state index is 0.181. The molecule has 0 aliphatic rings. The van der Waals surface area contributed by atoms with E-state index in [1.165, 1.54) is 24.3 Å². The Hall–Kier alpha value is -3.56. The summed E-state index contributed by atoms with van der Waals surface area (Å²) >= 11 is 0. The molecule has 0 bridgehead atoms. The lowest BCUT2D eigenvalue weighted by atomic mass is 9.85. The van der Waals surface area contributed by atoms with Crippen LogP contribution in [0.3, 0.4) is 0 Å². The Labute approximate surface area is 198 Å². The quantitative estimate of drug-likeness (QED) is 0.283. The third-order valence-corrected chi connectivity index (χ3v) is 7.07. The molecule has 0 amide bonds. The molecule has 4 aromatic rings. The van der Waals surface area contributed by atoms with Gasteiger partial charge in [0, 0.05) is 11.1 Å². The maximum atomic E-state index is 12.3. The average molecular weight is 493 g/mol. The maximum absolute atomic E-state index is 12.3. The molecule has 0 fully saturated rings. The minimum Gasteiger partial charge on any atom is -0.282 e. The van der Waals surface area contributed by atoms with Crippen molar-refractivity contribution in [3.63, 3.8) is 0 Å². The van der Waals surface area contributed by atoms with Crippen molar-refractivity contribution in [3.05, 3.63) is 131 Å². The number of rotatable bonds is 6. The van der Waals surface area contributed by atoms with E-state index < -0.39 is 20.2 Å². The first-order valence-electron chi connectivity index (χ1n) is 10.2. The molecule has 2 N–H and O–H groups in total. The second kappa shape index (κ2) is 9.36. The summed E-state index contributed by atoms with van der Waals surface area (Å²) in [4.78, 5) is -0.654. The third kappa shape index (κ3) is 4.85. The number of hydrogen-bond donors (Lipinski definition) is 2. The lowest BCUT2D eigenvalue weighted by Gasteiger charge is -2.20. The van der Waals surface area contributed by atoms with Gasteiger partial charge in [-0.3, -0.25) is 9.11 Å². The molecule has 0 aliphatic heterocycles. The predicted molar refractivity (Wildman–Crippen MR) is 130 cm³/mol. The normalized spacial score (nSPS) is 12.8. The van der Waals surface area contributed by atoms with E-state index in [1.54, 1.807) is 84.9 Å². The van der Waals surface area contributed by atoms with Crippen LogP contribution in [-0.2, 0) is 20.2 Å². The van der Waals surface area contributed by atoms with Crippen LogP contribution in [0.2, 0.25) is 0 Å². The minimum atomic E-state index is -4.62. The summed E-state index contributed by atoms with van der Waals surface area (Å²) in [6, 6.07) is 29.6. The van der Waals surface area contributed by atoms with Gasteiger partial charge in [-0.15, -0.1) is 0 Å². The molecule has 0 aliphatic carbocycles. The fourth-order valence-corrected chi connectivity index (χ4v) is 5.27. The van der Waals surface area contributed by atoms with Crippen molar-refractivity contribution in [2.45, 2.75) is 9.79 Å². The Morgan fingerprint density at radius 3 is 1.06 bits per heavy atom. The lowest BCUT2D eigenvalue weighted by molar-refractivity contribution is 0.480. The molecule has 0 spiro atoms. The van der Waals surface area contributed by atoms with Gasteiger partial charge in [0.15, 0.2) is 0 Å². The summed E-state index contributed by atoms with van der Waals surface area (Å²) in [7, 11) is -9.25. The van der Waals surface area contributed by atoms with E-state index in [0.29, 0.717) is 22.3 Å². The second-order valence-corrected chi connectivity index (χ2v) is 10.2. The van der Waals surface area contributed by atoms with Crippen molar-refractivity contribution in [2.24, 2.45) is 0 Å². The van der Waals surface area contributed by atoms with Crippen LogP contribution in [0.1, 0.15) is 22.3 Å². The molecule has 0 saturated carbocycles. The van der Waals surface area contributed by atoms with Crippen LogP contribution in [0.4, 0.5) is 0 Å². The molecule has 0 aromatic heterocycles. The molecule has 4 rings (SSSR count). The Morgan fingerprint density at radius 1 is 0.441 bits per heavy atom. The molecule has 8 heteroatoms. The predicted octanol–water partition coefficient (Wildman–Crippen LogP) is 5.19. The van der Waals surface area contributed by atoms with Crippen LogP contribution in [0, 0.1) is 0 Å². The van der Waals surface area contributed by atoms with Gasteiger partial charge < -0.3 is 0 Å². The standard InChI is InChI=1S/C26H20O6S2/c27-33(28,29)23-17-9-7-15-21(23)25(19-11-3-1-4-12-19)26(20-13-5-2-6-14-20)22-16-8-10-18-24(22)34(30,31)32/h1-18H,(H,27,28,29)(H,30,31,32). The van der Waals surface area contributed by atoms with Gasteiger partial charge in [0.05, 0.1) is 0 Å². The van der Waals surface area contributed by atoms with E-state index in [9.17, 15) is 25.9 Å². The summed E-state index contributed by atoms with van der Waals surface area (Å²) in [6.45, 7) is 0. The maximum Gasteiger partial charge on any atom is 0.295 e. The zero-order chi connectivity index (χ0) is 24.3. The van der Waals surface area contributed by atoms with E-state index in [2.05, 4.69) is 0 Å². The summed E-state index contributed by atoms with van der Waals surface area (Å²) in [5.41, 5.74) is 2.28. The lowest BCUT2D eigenvalue weighted by Crippen LogP contribution is -2.08. The van der Waals surface area contributed by atoms with Crippen LogP contribution in [0.25, 0.3) is 11.1 Å². The number of hydrogen-bond acceptors (Lipinski definition) is 4. The van der Waals surface area contributed by atoms with E-state index in [-0.39, 0.29) is 20.9 Å². The third-order valence-electron chi connectivity index (χ3n) is 5.24. The molecule has 172 valence electrons. The first kappa shape index (κ1) is 23.6. The topological polar surface area (TPSA) is 109 Å². The van der Waals surface area contributed by atoms with Gasteiger partial charge in [-0.1, -0.05) is 97.1 Å².